The van der Waals surface area contributed by atoms with Gasteiger partial charge in [-0.1, -0.05) is 30.3 Å². The Morgan fingerprint density at radius 2 is 1.75 bits per heavy atom. The maximum Gasteiger partial charge on any atom is 0.177 e. The van der Waals surface area contributed by atoms with Crippen molar-refractivity contribution in [1.82, 2.24) is 0 Å². The molecule has 0 saturated heterocycles. The van der Waals surface area contributed by atoms with Gasteiger partial charge in [-0.25, -0.2) is 0 Å². The van der Waals surface area contributed by atoms with E-state index >= 15 is 0 Å². The van der Waals surface area contributed by atoms with Crippen molar-refractivity contribution in [3.63, 3.8) is 0 Å². The number of nitrogens with zero attached hydrogens (tertiary/aromatic N) is 1. The van der Waals surface area contributed by atoms with Crippen LogP contribution in [0.15, 0.2) is 54.9 Å². The second kappa shape index (κ2) is 6.23. The predicted molar refractivity (Wildman–Crippen MR) is 63.0 cm³/mol. The lowest BCUT2D eigenvalue weighted by Crippen LogP contribution is -3.00. The smallest absolute Gasteiger partial charge is 0.177 e. The van der Waals surface area contributed by atoms with Crippen LogP contribution in [0.1, 0.15) is 11.1 Å². The Morgan fingerprint density at radius 1 is 1.00 bits per heavy atom. The second-order valence-corrected chi connectivity index (χ2v) is 3.55. The molecule has 0 fully saturated rings. The zero-order valence-electron chi connectivity index (χ0n) is 9.18. The van der Waals surface area contributed by atoms with Crippen LogP contribution in [0.4, 0.5) is 0 Å². The van der Waals surface area contributed by atoms with E-state index in [-0.39, 0.29) is 17.0 Å². The molecule has 16 heavy (non-hydrogen) atoms. The first-order valence-corrected chi connectivity index (χ1v) is 5.05. The first-order chi connectivity index (χ1) is 7.34. The molecule has 82 valence electrons. The van der Waals surface area contributed by atoms with Crippen LogP contribution in [0.25, 0.3) is 12.3 Å². The molecule has 0 aliphatic rings. The molecule has 0 saturated carbocycles. The van der Waals surface area contributed by atoms with Crippen LogP contribution in [-0.4, -0.2) is 0 Å². The monoisotopic (exact) mass is 275 g/mol. The average Bonchev–Trinajstić information content (AvgIpc) is 2.28. The molecule has 2 heteroatoms. The van der Waals surface area contributed by atoms with Gasteiger partial charge < -0.3 is 17.0 Å². The highest BCUT2D eigenvalue weighted by Gasteiger charge is 1.94. The SMILES string of the molecule is Cc1ccc[n+](/C=C/c2ccccc2)c1.[Br-]. The quantitative estimate of drug-likeness (QED) is 0.675. The summed E-state index contributed by atoms with van der Waals surface area (Å²) in [5, 5.41) is 0. The molecular formula is C14H14BrN. The van der Waals surface area contributed by atoms with Crippen molar-refractivity contribution in [3.05, 3.63) is 66.0 Å². The molecule has 1 heterocycles. The Bertz CT molecular complexity index is 463. The molecule has 0 radical (unpaired) electrons. The molecule has 1 nitrogen and oxygen atoms in total. The number of halogens is 1. The van der Waals surface area contributed by atoms with E-state index in [0.717, 1.165) is 0 Å². The second-order valence-electron chi connectivity index (χ2n) is 3.55. The molecule has 1 aromatic carbocycles. The van der Waals surface area contributed by atoms with E-state index in [1.165, 1.54) is 11.1 Å². The van der Waals surface area contributed by atoms with E-state index < -0.39 is 0 Å². The van der Waals surface area contributed by atoms with Gasteiger partial charge in [0.15, 0.2) is 18.6 Å². The van der Waals surface area contributed by atoms with Crippen molar-refractivity contribution in [1.29, 1.82) is 0 Å². The number of pyridine rings is 1. The van der Waals surface area contributed by atoms with Gasteiger partial charge in [0.25, 0.3) is 0 Å². The molecule has 0 N–H and O–H groups in total. The summed E-state index contributed by atoms with van der Waals surface area (Å²) < 4.78 is 2.06. The van der Waals surface area contributed by atoms with Crippen LogP contribution >= 0.6 is 0 Å². The third-order valence-corrected chi connectivity index (χ3v) is 2.21. The third-order valence-electron chi connectivity index (χ3n) is 2.21. The maximum atomic E-state index is 2.10. The largest absolute Gasteiger partial charge is 1.00 e. The average molecular weight is 276 g/mol. The van der Waals surface area contributed by atoms with Gasteiger partial charge in [-0.15, -0.1) is 0 Å². The van der Waals surface area contributed by atoms with Gasteiger partial charge in [0, 0.05) is 17.7 Å². The zero-order chi connectivity index (χ0) is 10.5. The van der Waals surface area contributed by atoms with Gasteiger partial charge in [-0.05, 0) is 18.6 Å². The summed E-state index contributed by atoms with van der Waals surface area (Å²) in [6, 6.07) is 14.4. The summed E-state index contributed by atoms with van der Waals surface area (Å²) in [4.78, 5) is 0. The van der Waals surface area contributed by atoms with Gasteiger partial charge >= 0.3 is 0 Å². The molecule has 2 rings (SSSR count). The molecule has 1 aromatic heterocycles. The standard InChI is InChI=1S/C14H14N.BrH/c1-13-6-5-10-15(12-13)11-9-14-7-3-2-4-8-14;/h2-12H,1H3;1H/q+1;/p-1/b11-9+;. The first kappa shape index (κ1) is 12.7. The summed E-state index contributed by atoms with van der Waals surface area (Å²) in [6.45, 7) is 2.09. The molecule has 0 bridgehead atoms. The van der Waals surface area contributed by atoms with E-state index in [0.29, 0.717) is 0 Å². The molecule has 0 aliphatic carbocycles. The minimum atomic E-state index is 0. The lowest BCUT2D eigenvalue weighted by atomic mass is 10.2. The van der Waals surface area contributed by atoms with E-state index in [2.05, 4.69) is 48.2 Å². The van der Waals surface area contributed by atoms with Crippen LogP contribution in [0.3, 0.4) is 0 Å². The van der Waals surface area contributed by atoms with E-state index in [4.69, 9.17) is 0 Å². The number of hydrogen-bond acceptors (Lipinski definition) is 0. The molecule has 0 amide bonds. The third kappa shape index (κ3) is 3.63. The Balaban J connectivity index is 0.00000128. The highest BCUT2D eigenvalue weighted by molar-refractivity contribution is 5.56. The van der Waals surface area contributed by atoms with Gasteiger partial charge in [0.05, 0.1) is 0 Å². The fourth-order valence-electron chi connectivity index (χ4n) is 1.44. The Labute approximate surface area is 107 Å². The Morgan fingerprint density at radius 3 is 2.44 bits per heavy atom. The van der Waals surface area contributed by atoms with Crippen molar-refractivity contribution < 1.29 is 21.5 Å². The number of aryl methyl sites for hydroxylation is 1. The van der Waals surface area contributed by atoms with Crippen LogP contribution < -0.4 is 21.5 Å². The van der Waals surface area contributed by atoms with Gasteiger partial charge in [-0.3, -0.25) is 0 Å². The summed E-state index contributed by atoms with van der Waals surface area (Å²) in [5.41, 5.74) is 2.47. The molecule has 2 aromatic rings. The van der Waals surface area contributed by atoms with Gasteiger partial charge in [-0.2, -0.15) is 4.57 Å². The van der Waals surface area contributed by atoms with E-state index in [1.54, 1.807) is 0 Å². The van der Waals surface area contributed by atoms with E-state index in [9.17, 15) is 0 Å². The molecule has 0 unspecified atom stereocenters. The lowest BCUT2D eigenvalue weighted by Gasteiger charge is -1.91. The maximum absolute atomic E-state index is 2.10. The molecule has 0 aliphatic heterocycles. The number of benzene rings is 1. The van der Waals surface area contributed by atoms with Crippen LogP contribution in [-0.2, 0) is 0 Å². The van der Waals surface area contributed by atoms with Crippen LogP contribution in [0.5, 0.6) is 0 Å². The summed E-state index contributed by atoms with van der Waals surface area (Å²) in [5.74, 6) is 0. The van der Waals surface area contributed by atoms with E-state index in [1.807, 2.05) is 30.5 Å². The van der Waals surface area contributed by atoms with Crippen molar-refractivity contribution in [2.75, 3.05) is 0 Å². The summed E-state index contributed by atoms with van der Waals surface area (Å²) >= 11 is 0. The fraction of sp³-hybridized carbons (Fsp3) is 0.0714. The minimum absolute atomic E-state index is 0. The molecule has 0 atom stereocenters. The van der Waals surface area contributed by atoms with Crippen LogP contribution in [0, 0.1) is 6.92 Å². The van der Waals surface area contributed by atoms with Gasteiger partial charge in [0.1, 0.15) is 0 Å². The summed E-state index contributed by atoms with van der Waals surface area (Å²) in [7, 11) is 0. The zero-order valence-corrected chi connectivity index (χ0v) is 10.8. The first-order valence-electron chi connectivity index (χ1n) is 5.05. The number of aromatic nitrogens is 1. The number of hydrogen-bond donors (Lipinski definition) is 0. The fourth-order valence-corrected chi connectivity index (χ4v) is 1.44. The van der Waals surface area contributed by atoms with Crippen molar-refractivity contribution >= 4 is 12.3 Å². The predicted octanol–water partition coefficient (Wildman–Crippen LogP) is -0.0856. The van der Waals surface area contributed by atoms with Crippen molar-refractivity contribution in [2.45, 2.75) is 6.92 Å². The minimum Gasteiger partial charge on any atom is -1.00 e. The lowest BCUT2D eigenvalue weighted by molar-refractivity contribution is -0.567. The van der Waals surface area contributed by atoms with Crippen molar-refractivity contribution in [2.24, 2.45) is 0 Å². The summed E-state index contributed by atoms with van der Waals surface area (Å²) in [6.07, 6.45) is 8.29. The highest BCUT2D eigenvalue weighted by atomic mass is 79.9. The van der Waals surface area contributed by atoms with Crippen molar-refractivity contribution in [3.8, 4) is 0 Å². The molecular weight excluding hydrogens is 262 g/mol. The van der Waals surface area contributed by atoms with Gasteiger partial charge in [0.2, 0.25) is 0 Å². The Hall–Kier alpha value is -1.41. The number of rotatable bonds is 2. The normalized spacial score (nSPS) is 10.1. The topological polar surface area (TPSA) is 3.88 Å². The molecule has 0 spiro atoms. The highest BCUT2D eigenvalue weighted by Crippen LogP contribution is 2.00. The Kier molecular flexibility index (Phi) is 4.93. The van der Waals surface area contributed by atoms with Crippen LogP contribution in [0.2, 0.25) is 0 Å².